The van der Waals surface area contributed by atoms with Gasteiger partial charge in [-0.05, 0) is 34.1 Å². The van der Waals surface area contributed by atoms with Gasteiger partial charge in [0.25, 0.3) is 5.56 Å². The van der Waals surface area contributed by atoms with Gasteiger partial charge < -0.3 is 4.74 Å². The Kier molecular flexibility index (Phi) is 3.99. The van der Waals surface area contributed by atoms with E-state index in [1.807, 2.05) is 26.8 Å². The minimum Gasteiger partial charge on any atom is -0.375 e. The Morgan fingerprint density at radius 2 is 2.05 bits per heavy atom. The van der Waals surface area contributed by atoms with Gasteiger partial charge in [0, 0.05) is 17.7 Å². The number of nitrogens with one attached hydrogen (secondary N) is 1. The first kappa shape index (κ1) is 14.8. The average Bonchev–Trinajstić information content (AvgIpc) is 2.79. The molecule has 1 aliphatic carbocycles. The standard InChI is InChI=1S/C15H22N2O3/c1-10-8-17(14(19)16-13(10)18)12-6-5-11(7-12)9-20-15(2,3)4/h5-6,8,11-12H,7,9H2,1-4H3,(H,16,18,19)/t11-,12+/m0/s1. The van der Waals surface area contributed by atoms with Crippen LogP contribution in [0.1, 0.15) is 38.8 Å². The van der Waals surface area contributed by atoms with E-state index in [1.165, 1.54) is 0 Å². The highest BCUT2D eigenvalue weighted by atomic mass is 16.5. The molecule has 0 amide bonds. The van der Waals surface area contributed by atoms with Crippen molar-refractivity contribution < 1.29 is 4.74 Å². The van der Waals surface area contributed by atoms with E-state index < -0.39 is 0 Å². The molecular formula is C15H22N2O3. The van der Waals surface area contributed by atoms with Crippen LogP contribution in [0.4, 0.5) is 0 Å². The fourth-order valence-corrected chi connectivity index (χ4v) is 2.27. The van der Waals surface area contributed by atoms with Gasteiger partial charge in [-0.2, -0.15) is 0 Å². The predicted molar refractivity (Wildman–Crippen MR) is 78.0 cm³/mol. The smallest absolute Gasteiger partial charge is 0.328 e. The summed E-state index contributed by atoms with van der Waals surface area (Å²) in [6.45, 7) is 8.43. The van der Waals surface area contributed by atoms with Gasteiger partial charge in [-0.1, -0.05) is 12.2 Å². The molecule has 0 bridgehead atoms. The van der Waals surface area contributed by atoms with E-state index >= 15 is 0 Å². The Hall–Kier alpha value is -1.62. The molecule has 1 aromatic rings. The number of hydrogen-bond donors (Lipinski definition) is 1. The second-order valence-electron chi connectivity index (χ2n) is 6.35. The summed E-state index contributed by atoms with van der Waals surface area (Å²) in [5.74, 6) is 0.304. The Bertz CT molecular complexity index is 619. The van der Waals surface area contributed by atoms with Crippen LogP contribution in [0.25, 0.3) is 0 Å². The van der Waals surface area contributed by atoms with Gasteiger partial charge in [0.1, 0.15) is 0 Å². The summed E-state index contributed by atoms with van der Waals surface area (Å²) in [4.78, 5) is 25.6. The molecule has 0 saturated carbocycles. The van der Waals surface area contributed by atoms with Crippen LogP contribution in [0.3, 0.4) is 0 Å². The molecule has 0 fully saturated rings. The average molecular weight is 278 g/mol. The minimum atomic E-state index is -0.354. The summed E-state index contributed by atoms with van der Waals surface area (Å²) >= 11 is 0. The topological polar surface area (TPSA) is 64.1 Å². The third kappa shape index (κ3) is 3.48. The van der Waals surface area contributed by atoms with Crippen LogP contribution >= 0.6 is 0 Å². The number of nitrogens with zero attached hydrogens (tertiary/aromatic N) is 1. The van der Waals surface area contributed by atoms with Gasteiger partial charge in [-0.3, -0.25) is 14.3 Å². The molecule has 5 nitrogen and oxygen atoms in total. The molecule has 0 radical (unpaired) electrons. The van der Waals surface area contributed by atoms with Gasteiger partial charge in [0.2, 0.25) is 0 Å². The first-order chi connectivity index (χ1) is 9.26. The van der Waals surface area contributed by atoms with E-state index in [-0.39, 0.29) is 22.9 Å². The molecular weight excluding hydrogens is 256 g/mol. The summed E-state index contributed by atoms with van der Waals surface area (Å²) in [5, 5.41) is 0. The van der Waals surface area contributed by atoms with E-state index in [2.05, 4.69) is 11.1 Å². The van der Waals surface area contributed by atoms with E-state index in [0.717, 1.165) is 6.42 Å². The Morgan fingerprint density at radius 3 is 2.70 bits per heavy atom. The van der Waals surface area contributed by atoms with Gasteiger partial charge in [-0.25, -0.2) is 4.79 Å². The fraction of sp³-hybridized carbons (Fsp3) is 0.600. The molecule has 5 heteroatoms. The number of hydrogen-bond acceptors (Lipinski definition) is 3. The third-order valence-corrected chi connectivity index (χ3v) is 3.38. The lowest BCUT2D eigenvalue weighted by atomic mass is 10.1. The minimum absolute atomic E-state index is 0.00776. The SMILES string of the molecule is Cc1cn([C@@H]2C=C[C@H](COC(C)(C)C)C2)c(=O)[nH]c1=O. The third-order valence-electron chi connectivity index (χ3n) is 3.38. The largest absolute Gasteiger partial charge is 0.375 e. The molecule has 0 spiro atoms. The molecule has 1 aliphatic rings. The molecule has 20 heavy (non-hydrogen) atoms. The second-order valence-corrected chi connectivity index (χ2v) is 6.35. The summed E-state index contributed by atoms with van der Waals surface area (Å²) < 4.78 is 7.36. The van der Waals surface area contributed by atoms with E-state index in [4.69, 9.17) is 4.74 Å². The number of allylic oxidation sites excluding steroid dienone is 1. The van der Waals surface area contributed by atoms with Gasteiger partial charge in [0.15, 0.2) is 0 Å². The Morgan fingerprint density at radius 1 is 1.35 bits per heavy atom. The number of aromatic amines is 1. The van der Waals surface area contributed by atoms with Crippen molar-refractivity contribution in [3.63, 3.8) is 0 Å². The zero-order valence-corrected chi connectivity index (χ0v) is 12.5. The van der Waals surface area contributed by atoms with Crippen molar-refractivity contribution in [1.29, 1.82) is 0 Å². The van der Waals surface area contributed by atoms with Crippen LogP contribution in [0.2, 0.25) is 0 Å². The molecule has 0 saturated heterocycles. The van der Waals surface area contributed by atoms with Crippen molar-refractivity contribution in [3.05, 3.63) is 44.8 Å². The molecule has 1 N–H and O–H groups in total. The summed E-state index contributed by atoms with van der Waals surface area (Å²) in [5.41, 5.74) is -0.280. The quantitative estimate of drug-likeness (QED) is 0.857. The van der Waals surface area contributed by atoms with Crippen LogP contribution in [-0.4, -0.2) is 21.8 Å². The highest BCUT2D eigenvalue weighted by Gasteiger charge is 2.23. The van der Waals surface area contributed by atoms with Gasteiger partial charge in [0.05, 0.1) is 18.2 Å². The van der Waals surface area contributed by atoms with E-state index in [0.29, 0.717) is 18.1 Å². The number of aryl methyl sites for hydroxylation is 1. The predicted octanol–water partition coefficient (Wildman–Crippen LogP) is 1.78. The lowest BCUT2D eigenvalue weighted by Crippen LogP contribution is -2.32. The molecule has 2 atom stereocenters. The number of ether oxygens (including phenoxy) is 1. The van der Waals surface area contributed by atoms with E-state index in [1.54, 1.807) is 17.7 Å². The monoisotopic (exact) mass is 278 g/mol. The zero-order valence-electron chi connectivity index (χ0n) is 12.5. The zero-order chi connectivity index (χ0) is 14.9. The number of rotatable bonds is 3. The highest BCUT2D eigenvalue weighted by molar-refractivity contribution is 5.09. The molecule has 1 aromatic heterocycles. The van der Waals surface area contributed by atoms with Crippen LogP contribution in [0.15, 0.2) is 27.9 Å². The Balaban J connectivity index is 2.07. The molecule has 0 aromatic carbocycles. The normalized spacial score (nSPS) is 22.4. The molecule has 2 rings (SSSR count). The summed E-state index contributed by atoms with van der Waals surface area (Å²) in [6.07, 6.45) is 6.55. The highest BCUT2D eigenvalue weighted by Crippen LogP contribution is 2.27. The van der Waals surface area contributed by atoms with Gasteiger partial charge >= 0.3 is 5.69 Å². The molecule has 0 aliphatic heterocycles. The Labute approximate surface area is 118 Å². The van der Waals surface area contributed by atoms with Crippen LogP contribution in [0, 0.1) is 12.8 Å². The van der Waals surface area contributed by atoms with Crippen molar-refractivity contribution in [3.8, 4) is 0 Å². The maximum atomic E-state index is 11.8. The fourth-order valence-electron chi connectivity index (χ4n) is 2.27. The van der Waals surface area contributed by atoms with Gasteiger partial charge in [-0.15, -0.1) is 0 Å². The van der Waals surface area contributed by atoms with Crippen LogP contribution < -0.4 is 11.2 Å². The lowest BCUT2D eigenvalue weighted by Gasteiger charge is -2.22. The second kappa shape index (κ2) is 5.40. The first-order valence-electron chi connectivity index (χ1n) is 6.90. The molecule has 110 valence electrons. The van der Waals surface area contributed by atoms with Crippen molar-refractivity contribution in [2.45, 2.75) is 45.8 Å². The first-order valence-corrected chi connectivity index (χ1v) is 6.90. The molecule has 0 unspecified atom stereocenters. The number of aromatic nitrogens is 2. The maximum absolute atomic E-state index is 11.8. The van der Waals surface area contributed by atoms with E-state index in [9.17, 15) is 9.59 Å². The van der Waals surface area contributed by atoms with Crippen molar-refractivity contribution >= 4 is 0 Å². The van der Waals surface area contributed by atoms with Crippen molar-refractivity contribution in [2.75, 3.05) is 6.61 Å². The van der Waals surface area contributed by atoms with Crippen molar-refractivity contribution in [2.24, 2.45) is 5.92 Å². The number of H-pyrrole nitrogens is 1. The lowest BCUT2D eigenvalue weighted by molar-refractivity contribution is -0.0161. The summed E-state index contributed by atoms with van der Waals surface area (Å²) in [7, 11) is 0. The van der Waals surface area contributed by atoms with Crippen LogP contribution in [0.5, 0.6) is 0 Å². The van der Waals surface area contributed by atoms with Crippen LogP contribution in [-0.2, 0) is 4.74 Å². The van der Waals surface area contributed by atoms with Crippen molar-refractivity contribution in [1.82, 2.24) is 9.55 Å². The maximum Gasteiger partial charge on any atom is 0.328 e. The summed E-state index contributed by atoms with van der Waals surface area (Å²) in [6, 6.07) is -0.00776. The molecule has 1 heterocycles.